The smallest absolute Gasteiger partial charge is 0.284 e. The third-order valence-corrected chi connectivity index (χ3v) is 7.42. The fourth-order valence-corrected chi connectivity index (χ4v) is 5.43. The van der Waals surface area contributed by atoms with Crippen molar-refractivity contribution < 1.29 is 9.47 Å². The number of rotatable bonds is 6. The van der Waals surface area contributed by atoms with Crippen LogP contribution in [0.5, 0.6) is 5.75 Å². The van der Waals surface area contributed by atoms with Crippen molar-refractivity contribution in [1.82, 2.24) is 30.1 Å². The van der Waals surface area contributed by atoms with Gasteiger partial charge in [-0.3, -0.25) is 5.41 Å². The minimum absolute atomic E-state index is 0.237. The van der Waals surface area contributed by atoms with Gasteiger partial charge in [0.05, 0.1) is 16.4 Å². The molecule has 0 atom stereocenters. The van der Waals surface area contributed by atoms with Crippen molar-refractivity contribution in [2.24, 2.45) is 0 Å². The summed E-state index contributed by atoms with van der Waals surface area (Å²) in [5.41, 5.74) is 1.84. The van der Waals surface area contributed by atoms with Crippen LogP contribution >= 0.6 is 11.3 Å². The average molecular weight is 468 g/mol. The summed E-state index contributed by atoms with van der Waals surface area (Å²) >= 11 is 1.71. The van der Waals surface area contributed by atoms with Crippen molar-refractivity contribution in [3.8, 4) is 11.4 Å². The second-order valence-corrected chi connectivity index (χ2v) is 9.55. The number of ether oxygens (including phenoxy) is 2. The Bertz CT molecular complexity index is 1020. The Hall–Kier alpha value is -3.01. The number of tetrazole rings is 1. The van der Waals surface area contributed by atoms with Crippen molar-refractivity contribution in [2.75, 3.05) is 13.1 Å². The Morgan fingerprint density at radius 3 is 2.58 bits per heavy atom. The van der Waals surface area contributed by atoms with Crippen LogP contribution in [0.15, 0.2) is 36.0 Å². The molecule has 174 valence electrons. The monoisotopic (exact) mass is 467 g/mol. The summed E-state index contributed by atoms with van der Waals surface area (Å²) in [5.74, 6) is 1.23. The molecule has 5 rings (SSSR count). The van der Waals surface area contributed by atoms with E-state index < -0.39 is 0 Å². The highest BCUT2D eigenvalue weighted by atomic mass is 32.1. The van der Waals surface area contributed by atoms with Gasteiger partial charge >= 0.3 is 0 Å². The van der Waals surface area contributed by atoms with Crippen molar-refractivity contribution in [3.05, 3.63) is 46.7 Å². The summed E-state index contributed by atoms with van der Waals surface area (Å²) in [7, 11) is 0. The van der Waals surface area contributed by atoms with E-state index in [2.05, 4.69) is 25.8 Å². The summed E-state index contributed by atoms with van der Waals surface area (Å²) in [5, 5.41) is 22.8. The first kappa shape index (κ1) is 21.8. The molecule has 1 aliphatic heterocycles. The molecular weight excluding hydrogens is 438 g/mol. The number of amidine groups is 1. The molecular formula is C23H29N7O2S. The number of piperidine rings is 1. The largest absolute Gasteiger partial charge is 0.487 e. The van der Waals surface area contributed by atoms with Crippen LogP contribution in [0.1, 0.15) is 61.6 Å². The Morgan fingerprint density at radius 2 is 1.85 bits per heavy atom. The van der Waals surface area contributed by atoms with Gasteiger partial charge in [-0.2, -0.15) is 0 Å². The molecule has 0 spiro atoms. The molecule has 2 aromatic heterocycles. The van der Waals surface area contributed by atoms with Crippen LogP contribution in [-0.2, 0) is 11.3 Å². The molecule has 3 aromatic rings. The molecule has 1 aromatic carbocycles. The molecule has 33 heavy (non-hydrogen) atoms. The molecule has 2 fully saturated rings. The lowest BCUT2D eigenvalue weighted by atomic mass is 9.97. The van der Waals surface area contributed by atoms with E-state index in [-0.39, 0.29) is 6.10 Å². The molecule has 3 heterocycles. The Kier molecular flexibility index (Phi) is 6.80. The lowest BCUT2D eigenvalue weighted by molar-refractivity contribution is 0.104. The molecule has 2 aliphatic rings. The van der Waals surface area contributed by atoms with Crippen LogP contribution in [0.2, 0.25) is 0 Å². The second kappa shape index (κ2) is 10.3. The van der Waals surface area contributed by atoms with Gasteiger partial charge in [0.1, 0.15) is 24.8 Å². The highest BCUT2D eigenvalue weighted by Crippen LogP contribution is 2.31. The number of likely N-dealkylation sites (tertiary alicyclic amines) is 1. The summed E-state index contributed by atoms with van der Waals surface area (Å²) in [4.78, 5) is 6.92. The van der Waals surface area contributed by atoms with E-state index in [1.807, 2.05) is 24.3 Å². The zero-order valence-corrected chi connectivity index (χ0v) is 19.4. The summed E-state index contributed by atoms with van der Waals surface area (Å²) < 4.78 is 13.5. The Balaban J connectivity index is 1.08. The quantitative estimate of drug-likeness (QED) is 0.429. The van der Waals surface area contributed by atoms with Gasteiger partial charge in [0.15, 0.2) is 0 Å². The molecule has 0 radical (unpaired) electrons. The summed E-state index contributed by atoms with van der Waals surface area (Å²) in [6, 6.07) is 8.01. The maximum absolute atomic E-state index is 8.35. The zero-order valence-electron chi connectivity index (χ0n) is 18.6. The van der Waals surface area contributed by atoms with E-state index in [1.54, 1.807) is 22.3 Å². The zero-order chi connectivity index (χ0) is 22.5. The van der Waals surface area contributed by atoms with Gasteiger partial charge in [-0.1, -0.05) is 6.42 Å². The fourth-order valence-electron chi connectivity index (χ4n) is 4.45. The third kappa shape index (κ3) is 5.50. The highest BCUT2D eigenvalue weighted by Gasteiger charge is 2.26. The van der Waals surface area contributed by atoms with Gasteiger partial charge < -0.3 is 14.4 Å². The number of benzene rings is 1. The van der Waals surface area contributed by atoms with Crippen LogP contribution in [0.3, 0.4) is 0 Å². The van der Waals surface area contributed by atoms with Crippen molar-refractivity contribution in [1.29, 1.82) is 5.41 Å². The summed E-state index contributed by atoms with van der Waals surface area (Å²) in [6.45, 7) is 2.16. The topological polar surface area (TPSA) is 102 Å². The van der Waals surface area contributed by atoms with Gasteiger partial charge in [-0.25, -0.2) is 9.67 Å². The van der Waals surface area contributed by atoms with Gasteiger partial charge in [0.2, 0.25) is 0 Å². The fraction of sp³-hybridized carbons (Fsp3) is 0.522. The maximum Gasteiger partial charge on any atom is 0.284 e. The first-order valence-corrected chi connectivity index (χ1v) is 12.5. The van der Waals surface area contributed by atoms with E-state index in [9.17, 15) is 0 Å². The first-order chi connectivity index (χ1) is 16.2. The van der Waals surface area contributed by atoms with Crippen molar-refractivity contribution >= 4 is 17.4 Å². The standard InChI is InChI=1S/C23H29N7O2S/c24-23(32-21-4-2-1-3-5-21)29-12-10-17(11-13-29)22-26-18(15-33-22)14-31-20-8-6-19(7-9-20)30-16-25-27-28-30/h6-9,15-17,21,24H,1-5,10-14H2. The normalized spacial score (nSPS) is 17.8. The van der Waals surface area contributed by atoms with Gasteiger partial charge in [0.25, 0.3) is 6.02 Å². The maximum atomic E-state index is 8.35. The van der Waals surface area contributed by atoms with E-state index in [4.69, 9.17) is 19.9 Å². The molecule has 1 N–H and O–H groups in total. The average Bonchev–Trinajstić information content (AvgIpc) is 3.57. The minimum Gasteiger partial charge on any atom is -0.487 e. The Labute approximate surface area is 197 Å². The number of hydrogen-bond donors (Lipinski definition) is 1. The minimum atomic E-state index is 0.237. The number of aromatic nitrogens is 5. The third-order valence-electron chi connectivity index (χ3n) is 6.37. The van der Waals surface area contributed by atoms with Gasteiger partial charge in [-0.15, -0.1) is 16.4 Å². The lowest BCUT2D eigenvalue weighted by Crippen LogP contribution is -2.40. The van der Waals surface area contributed by atoms with Gasteiger partial charge in [0, 0.05) is 24.4 Å². The van der Waals surface area contributed by atoms with Crippen LogP contribution in [-0.4, -0.2) is 55.3 Å². The molecule has 1 aliphatic carbocycles. The lowest BCUT2D eigenvalue weighted by Gasteiger charge is -2.34. The van der Waals surface area contributed by atoms with E-state index in [0.29, 0.717) is 18.5 Å². The molecule has 9 nitrogen and oxygen atoms in total. The van der Waals surface area contributed by atoms with Crippen molar-refractivity contribution in [2.45, 2.75) is 63.6 Å². The first-order valence-electron chi connectivity index (χ1n) is 11.7. The SMILES string of the molecule is N=C(OC1CCCCC1)N1CCC(c2nc(COc3ccc(-n4cnnn4)cc3)cs2)CC1. The predicted octanol–water partition coefficient (Wildman–Crippen LogP) is 4.16. The molecule has 1 saturated carbocycles. The van der Waals surface area contributed by atoms with E-state index in [0.717, 1.165) is 55.9 Å². The Morgan fingerprint density at radius 1 is 1.06 bits per heavy atom. The van der Waals surface area contributed by atoms with Crippen LogP contribution in [0.25, 0.3) is 5.69 Å². The van der Waals surface area contributed by atoms with Crippen LogP contribution in [0, 0.1) is 5.41 Å². The highest BCUT2D eigenvalue weighted by molar-refractivity contribution is 7.09. The number of nitrogens with one attached hydrogen (secondary N) is 1. The number of thiazole rings is 1. The van der Waals surface area contributed by atoms with Crippen molar-refractivity contribution in [3.63, 3.8) is 0 Å². The number of nitrogens with zero attached hydrogens (tertiary/aromatic N) is 6. The van der Waals surface area contributed by atoms with Crippen LogP contribution in [0.4, 0.5) is 0 Å². The molecule has 0 amide bonds. The second-order valence-electron chi connectivity index (χ2n) is 8.66. The van der Waals surface area contributed by atoms with E-state index >= 15 is 0 Å². The molecule has 0 bridgehead atoms. The molecule has 0 unspecified atom stereocenters. The molecule has 1 saturated heterocycles. The summed E-state index contributed by atoms with van der Waals surface area (Å²) in [6.07, 6.45) is 9.73. The molecule has 10 heteroatoms. The van der Waals surface area contributed by atoms with Gasteiger partial charge in [-0.05, 0) is 73.2 Å². The number of hydrogen-bond acceptors (Lipinski definition) is 8. The van der Waals surface area contributed by atoms with Crippen LogP contribution < -0.4 is 4.74 Å². The predicted molar refractivity (Wildman–Crippen MR) is 125 cm³/mol. The van der Waals surface area contributed by atoms with E-state index in [1.165, 1.54) is 24.3 Å².